The molecule has 0 aromatic carbocycles. The lowest BCUT2D eigenvalue weighted by atomic mass is 9.79. The molecule has 0 saturated carbocycles. The Hall–Kier alpha value is -1.59. The molecule has 1 atom stereocenters. The fourth-order valence-corrected chi connectivity index (χ4v) is 4.88. The van der Waals surface area contributed by atoms with E-state index in [9.17, 15) is 4.79 Å². The maximum Gasteiger partial charge on any atom is 0.254 e. The van der Waals surface area contributed by atoms with E-state index in [1.54, 1.807) is 11.3 Å². The molecule has 128 valence electrons. The third kappa shape index (κ3) is 3.15. The number of amides is 1. The highest BCUT2D eigenvalue weighted by molar-refractivity contribution is 7.08. The summed E-state index contributed by atoms with van der Waals surface area (Å²) < 4.78 is 5.74. The summed E-state index contributed by atoms with van der Waals surface area (Å²) in [4.78, 5) is 17.2. The number of hydrogen-bond donors (Lipinski definition) is 0. The second-order valence-corrected chi connectivity index (χ2v) is 8.10. The van der Waals surface area contributed by atoms with Crippen LogP contribution in [0.2, 0.25) is 0 Å². The zero-order chi connectivity index (χ0) is 16.6. The Morgan fingerprint density at radius 1 is 1.25 bits per heavy atom. The van der Waals surface area contributed by atoms with E-state index in [2.05, 4.69) is 15.9 Å². The summed E-state index contributed by atoms with van der Waals surface area (Å²) in [5.74, 6) is 2.23. The zero-order valence-electron chi connectivity index (χ0n) is 14.2. The molecular weight excluding hydrogens is 320 g/mol. The molecule has 1 amide bonds. The van der Waals surface area contributed by atoms with Crippen LogP contribution in [0.15, 0.2) is 33.4 Å². The molecule has 0 radical (unpaired) electrons. The molecule has 2 fully saturated rings. The molecule has 4 rings (SSSR count). The van der Waals surface area contributed by atoms with Gasteiger partial charge in [0, 0.05) is 30.4 Å². The normalized spacial score (nSPS) is 24.8. The van der Waals surface area contributed by atoms with E-state index < -0.39 is 0 Å². The van der Waals surface area contributed by atoms with Gasteiger partial charge in [-0.25, -0.2) is 0 Å². The fourth-order valence-electron chi connectivity index (χ4n) is 4.25. The van der Waals surface area contributed by atoms with Crippen LogP contribution >= 0.6 is 11.3 Å². The molecule has 2 aromatic rings. The van der Waals surface area contributed by atoms with Gasteiger partial charge in [0.1, 0.15) is 11.5 Å². The standard InChI is InChI=1S/C19H24N2O2S/c1-15-3-4-17(23-15)11-20-8-2-6-19(13-20)7-9-21(14-19)18(22)16-5-10-24-12-16/h3-5,10,12H,2,6-9,11,13-14H2,1H3/t19-/m1/s1. The summed E-state index contributed by atoms with van der Waals surface area (Å²) in [6.45, 7) is 6.86. The predicted octanol–water partition coefficient (Wildman–Crippen LogP) is 3.78. The topological polar surface area (TPSA) is 36.7 Å². The average molecular weight is 344 g/mol. The van der Waals surface area contributed by atoms with Crippen molar-refractivity contribution in [1.82, 2.24) is 9.80 Å². The van der Waals surface area contributed by atoms with Crippen LogP contribution in [0.25, 0.3) is 0 Å². The third-order valence-electron chi connectivity index (χ3n) is 5.41. The van der Waals surface area contributed by atoms with E-state index >= 15 is 0 Å². The van der Waals surface area contributed by atoms with Gasteiger partial charge in [0.15, 0.2) is 0 Å². The van der Waals surface area contributed by atoms with Gasteiger partial charge in [-0.1, -0.05) is 0 Å². The van der Waals surface area contributed by atoms with Gasteiger partial charge in [-0.15, -0.1) is 0 Å². The fraction of sp³-hybridized carbons (Fsp3) is 0.526. The minimum atomic E-state index is 0.201. The largest absolute Gasteiger partial charge is 0.465 e. The molecule has 0 unspecified atom stereocenters. The number of furan rings is 1. The maximum absolute atomic E-state index is 12.6. The van der Waals surface area contributed by atoms with Crippen LogP contribution in [0.3, 0.4) is 0 Å². The highest BCUT2D eigenvalue weighted by atomic mass is 32.1. The lowest BCUT2D eigenvalue weighted by Crippen LogP contribution is -2.44. The molecule has 2 saturated heterocycles. The second-order valence-electron chi connectivity index (χ2n) is 7.32. The van der Waals surface area contributed by atoms with E-state index in [1.165, 1.54) is 12.8 Å². The minimum absolute atomic E-state index is 0.201. The van der Waals surface area contributed by atoms with Gasteiger partial charge >= 0.3 is 0 Å². The van der Waals surface area contributed by atoms with Crippen molar-refractivity contribution in [2.45, 2.75) is 32.7 Å². The molecule has 0 N–H and O–H groups in total. The molecule has 2 aliphatic heterocycles. The first kappa shape index (κ1) is 15.9. The number of carbonyl (C=O) groups is 1. The van der Waals surface area contributed by atoms with Gasteiger partial charge < -0.3 is 9.32 Å². The van der Waals surface area contributed by atoms with Crippen molar-refractivity contribution >= 4 is 17.2 Å². The number of nitrogens with zero attached hydrogens (tertiary/aromatic N) is 2. The molecule has 2 aromatic heterocycles. The Balaban J connectivity index is 1.41. The SMILES string of the molecule is Cc1ccc(CN2CCC[C@@]3(CCN(C(=O)c4ccsc4)C3)C2)o1. The smallest absolute Gasteiger partial charge is 0.254 e. The van der Waals surface area contributed by atoms with Crippen molar-refractivity contribution in [3.63, 3.8) is 0 Å². The van der Waals surface area contributed by atoms with Crippen LogP contribution in [0.5, 0.6) is 0 Å². The van der Waals surface area contributed by atoms with Crippen molar-refractivity contribution in [3.05, 3.63) is 46.0 Å². The van der Waals surface area contributed by atoms with Gasteiger partial charge in [0.05, 0.1) is 12.1 Å². The Morgan fingerprint density at radius 3 is 2.92 bits per heavy atom. The summed E-state index contributed by atoms with van der Waals surface area (Å²) in [6.07, 6.45) is 3.56. The Kier molecular flexibility index (Phi) is 4.22. The number of thiophene rings is 1. The summed E-state index contributed by atoms with van der Waals surface area (Å²) in [5.41, 5.74) is 1.11. The van der Waals surface area contributed by atoms with Gasteiger partial charge in [0.2, 0.25) is 0 Å². The monoisotopic (exact) mass is 344 g/mol. The van der Waals surface area contributed by atoms with Crippen molar-refractivity contribution < 1.29 is 9.21 Å². The van der Waals surface area contributed by atoms with E-state index in [4.69, 9.17) is 4.42 Å². The number of carbonyl (C=O) groups excluding carboxylic acids is 1. The Labute approximate surface area is 147 Å². The summed E-state index contributed by atoms with van der Waals surface area (Å²) in [5, 5.41) is 3.94. The summed E-state index contributed by atoms with van der Waals surface area (Å²) in [6, 6.07) is 6.05. The van der Waals surface area contributed by atoms with Crippen molar-refractivity contribution in [2.24, 2.45) is 5.41 Å². The van der Waals surface area contributed by atoms with Gasteiger partial charge in [-0.2, -0.15) is 11.3 Å². The predicted molar refractivity (Wildman–Crippen MR) is 95.2 cm³/mol. The molecule has 0 aliphatic carbocycles. The third-order valence-corrected chi connectivity index (χ3v) is 6.09. The first-order valence-corrected chi connectivity index (χ1v) is 9.67. The highest BCUT2D eigenvalue weighted by Crippen LogP contribution is 2.40. The van der Waals surface area contributed by atoms with Crippen molar-refractivity contribution in [2.75, 3.05) is 26.2 Å². The van der Waals surface area contributed by atoms with E-state index in [0.717, 1.165) is 56.2 Å². The molecule has 2 aliphatic rings. The first-order chi connectivity index (χ1) is 11.6. The van der Waals surface area contributed by atoms with Crippen LogP contribution in [0.4, 0.5) is 0 Å². The Morgan fingerprint density at radius 2 is 2.17 bits per heavy atom. The van der Waals surface area contributed by atoms with E-state index in [0.29, 0.717) is 0 Å². The van der Waals surface area contributed by atoms with Gasteiger partial charge in [-0.05, 0) is 56.3 Å². The van der Waals surface area contributed by atoms with Crippen LogP contribution in [-0.4, -0.2) is 41.9 Å². The average Bonchev–Trinajstić information content (AvgIpc) is 3.29. The lowest BCUT2D eigenvalue weighted by molar-refractivity contribution is 0.0659. The van der Waals surface area contributed by atoms with Crippen molar-refractivity contribution in [1.29, 1.82) is 0 Å². The van der Waals surface area contributed by atoms with E-state index in [1.807, 2.05) is 29.8 Å². The molecule has 24 heavy (non-hydrogen) atoms. The zero-order valence-corrected chi connectivity index (χ0v) is 15.0. The lowest BCUT2D eigenvalue weighted by Gasteiger charge is -2.40. The molecule has 5 heteroatoms. The van der Waals surface area contributed by atoms with Crippen LogP contribution in [0.1, 0.15) is 41.1 Å². The number of piperidine rings is 1. The van der Waals surface area contributed by atoms with Crippen LogP contribution in [-0.2, 0) is 6.54 Å². The van der Waals surface area contributed by atoms with Crippen molar-refractivity contribution in [3.8, 4) is 0 Å². The molecule has 0 bridgehead atoms. The molecule has 1 spiro atoms. The quantitative estimate of drug-likeness (QED) is 0.850. The summed E-state index contributed by atoms with van der Waals surface area (Å²) in [7, 11) is 0. The number of hydrogen-bond acceptors (Lipinski definition) is 4. The van der Waals surface area contributed by atoms with Gasteiger partial charge in [-0.3, -0.25) is 9.69 Å². The molecular formula is C19H24N2O2S. The molecule has 4 heterocycles. The first-order valence-electron chi connectivity index (χ1n) is 8.73. The van der Waals surface area contributed by atoms with Crippen LogP contribution < -0.4 is 0 Å². The Bertz CT molecular complexity index is 709. The maximum atomic E-state index is 12.6. The van der Waals surface area contributed by atoms with Crippen LogP contribution in [0, 0.1) is 12.3 Å². The summed E-state index contributed by atoms with van der Waals surface area (Å²) >= 11 is 1.59. The molecule has 4 nitrogen and oxygen atoms in total. The van der Waals surface area contributed by atoms with E-state index in [-0.39, 0.29) is 11.3 Å². The van der Waals surface area contributed by atoms with Gasteiger partial charge in [0.25, 0.3) is 5.91 Å². The minimum Gasteiger partial charge on any atom is -0.465 e. The number of aryl methyl sites for hydroxylation is 1. The number of likely N-dealkylation sites (tertiary alicyclic amines) is 2. The highest BCUT2D eigenvalue weighted by Gasteiger charge is 2.42. The number of rotatable bonds is 3. The second kappa shape index (κ2) is 6.37.